The first-order valence-corrected chi connectivity index (χ1v) is 6.68. The minimum Gasteiger partial charge on any atom is -0.465 e. The van der Waals surface area contributed by atoms with Crippen LogP contribution in [0.25, 0.3) is 0 Å². The molecule has 0 atom stereocenters. The Morgan fingerprint density at radius 2 is 1.95 bits per heavy atom. The first kappa shape index (κ1) is 15.3. The lowest BCUT2D eigenvalue weighted by atomic mass is 10.2. The lowest BCUT2D eigenvalue weighted by Gasteiger charge is -2.15. The number of nitrogens with two attached hydrogens (primary N) is 1. The van der Waals surface area contributed by atoms with Crippen molar-refractivity contribution in [1.82, 2.24) is 0 Å². The van der Waals surface area contributed by atoms with Gasteiger partial charge in [-0.05, 0) is 13.8 Å². The molecule has 0 bridgehead atoms. The van der Waals surface area contributed by atoms with E-state index < -0.39 is 11.9 Å². The van der Waals surface area contributed by atoms with E-state index in [1.54, 1.807) is 6.92 Å². The molecule has 0 aliphatic rings. The fourth-order valence-electron chi connectivity index (χ4n) is 1.49. The predicted molar refractivity (Wildman–Crippen MR) is 75.0 cm³/mol. The zero-order valence-corrected chi connectivity index (χ0v) is 12.3. The normalized spacial score (nSPS) is 10.1. The fourth-order valence-corrected chi connectivity index (χ4v) is 2.62. The molecule has 0 spiro atoms. The van der Waals surface area contributed by atoms with Crippen LogP contribution >= 0.6 is 11.3 Å². The van der Waals surface area contributed by atoms with Crippen LogP contribution in [0.1, 0.15) is 33.9 Å². The van der Waals surface area contributed by atoms with Crippen molar-refractivity contribution in [3.63, 3.8) is 0 Å². The standard InChI is InChI=1S/C12H18N2O4S/c1-5-14(3)10-7(11(15)17-4)8(13)9(19-10)12(16)18-6-2/h5-6,13H2,1-4H3. The third-order valence-electron chi connectivity index (χ3n) is 2.60. The molecule has 6 nitrogen and oxygen atoms in total. The molecule has 0 amide bonds. The van der Waals surface area contributed by atoms with Crippen molar-refractivity contribution < 1.29 is 19.1 Å². The Hall–Kier alpha value is -1.76. The maximum Gasteiger partial charge on any atom is 0.350 e. The Bertz CT molecular complexity index is 484. The van der Waals surface area contributed by atoms with Gasteiger partial charge in [0.1, 0.15) is 15.4 Å². The highest BCUT2D eigenvalue weighted by Gasteiger charge is 2.28. The van der Waals surface area contributed by atoms with Crippen LogP contribution in [0.5, 0.6) is 0 Å². The van der Waals surface area contributed by atoms with Gasteiger partial charge in [-0.15, -0.1) is 11.3 Å². The average Bonchev–Trinajstić information content (AvgIpc) is 2.75. The van der Waals surface area contributed by atoms with Crippen LogP contribution in [0.3, 0.4) is 0 Å². The van der Waals surface area contributed by atoms with Crippen LogP contribution in [0.15, 0.2) is 0 Å². The molecule has 1 rings (SSSR count). The second kappa shape index (κ2) is 6.42. The number of carbonyl (C=O) groups excluding carboxylic acids is 2. The lowest BCUT2D eigenvalue weighted by Crippen LogP contribution is -2.18. The number of ether oxygens (including phenoxy) is 2. The highest BCUT2D eigenvalue weighted by Crippen LogP contribution is 2.38. The second-order valence-corrected chi connectivity index (χ2v) is 4.75. The van der Waals surface area contributed by atoms with Gasteiger partial charge >= 0.3 is 11.9 Å². The topological polar surface area (TPSA) is 81.9 Å². The predicted octanol–water partition coefficient (Wildman–Crippen LogP) is 1.75. The van der Waals surface area contributed by atoms with Gasteiger partial charge in [-0.25, -0.2) is 9.59 Å². The molecule has 19 heavy (non-hydrogen) atoms. The molecule has 106 valence electrons. The van der Waals surface area contributed by atoms with Crippen molar-refractivity contribution in [2.75, 3.05) is 37.9 Å². The fraction of sp³-hybridized carbons (Fsp3) is 0.500. The van der Waals surface area contributed by atoms with E-state index in [9.17, 15) is 9.59 Å². The number of nitrogens with zero attached hydrogens (tertiary/aromatic N) is 1. The number of methoxy groups -OCH3 is 1. The van der Waals surface area contributed by atoms with Crippen LogP contribution in [-0.2, 0) is 9.47 Å². The summed E-state index contributed by atoms with van der Waals surface area (Å²) >= 11 is 1.14. The minimum absolute atomic E-state index is 0.116. The molecule has 0 saturated heterocycles. The number of rotatable bonds is 5. The van der Waals surface area contributed by atoms with E-state index in [-0.39, 0.29) is 22.7 Å². The number of anilines is 2. The molecule has 1 heterocycles. The summed E-state index contributed by atoms with van der Waals surface area (Å²) in [6, 6.07) is 0. The van der Waals surface area contributed by atoms with E-state index in [2.05, 4.69) is 0 Å². The van der Waals surface area contributed by atoms with E-state index in [0.717, 1.165) is 11.3 Å². The maximum absolute atomic E-state index is 11.8. The molecular weight excluding hydrogens is 268 g/mol. The molecule has 0 aromatic carbocycles. The minimum atomic E-state index is -0.556. The van der Waals surface area contributed by atoms with Crippen molar-refractivity contribution in [3.8, 4) is 0 Å². The molecule has 0 saturated carbocycles. The summed E-state index contributed by atoms with van der Waals surface area (Å²) in [6.07, 6.45) is 0. The van der Waals surface area contributed by atoms with Crippen LogP contribution in [0.4, 0.5) is 10.7 Å². The SMILES string of the molecule is CCOC(=O)c1sc(N(C)CC)c(C(=O)OC)c1N. The molecule has 0 aliphatic heterocycles. The third-order valence-corrected chi connectivity index (χ3v) is 3.90. The molecule has 2 N–H and O–H groups in total. The van der Waals surface area contributed by atoms with Gasteiger partial charge in [0, 0.05) is 13.6 Å². The van der Waals surface area contributed by atoms with Crippen molar-refractivity contribution in [3.05, 3.63) is 10.4 Å². The van der Waals surface area contributed by atoms with Crippen molar-refractivity contribution in [1.29, 1.82) is 0 Å². The summed E-state index contributed by atoms with van der Waals surface area (Å²) in [5.41, 5.74) is 6.22. The van der Waals surface area contributed by atoms with Crippen LogP contribution in [0.2, 0.25) is 0 Å². The summed E-state index contributed by atoms with van der Waals surface area (Å²) in [7, 11) is 3.09. The van der Waals surface area contributed by atoms with Crippen LogP contribution in [0, 0.1) is 0 Å². The maximum atomic E-state index is 11.8. The summed E-state index contributed by atoms with van der Waals surface area (Å²) in [4.78, 5) is 25.6. The quantitative estimate of drug-likeness (QED) is 0.830. The van der Waals surface area contributed by atoms with E-state index in [1.807, 2.05) is 18.9 Å². The van der Waals surface area contributed by atoms with Crippen molar-refractivity contribution in [2.24, 2.45) is 0 Å². The van der Waals surface area contributed by atoms with Crippen LogP contribution in [-0.4, -0.2) is 39.2 Å². The van der Waals surface area contributed by atoms with E-state index >= 15 is 0 Å². The molecule has 1 aromatic heterocycles. The first-order chi connectivity index (χ1) is 8.97. The van der Waals surface area contributed by atoms with Crippen LogP contribution < -0.4 is 10.6 Å². The van der Waals surface area contributed by atoms with Gasteiger partial charge in [-0.1, -0.05) is 0 Å². The highest BCUT2D eigenvalue weighted by molar-refractivity contribution is 7.19. The Balaban J connectivity index is 3.34. The Morgan fingerprint density at radius 1 is 1.32 bits per heavy atom. The molecular formula is C12H18N2O4S. The molecule has 0 fully saturated rings. The lowest BCUT2D eigenvalue weighted by molar-refractivity contribution is 0.0533. The van der Waals surface area contributed by atoms with Gasteiger partial charge in [-0.2, -0.15) is 0 Å². The van der Waals surface area contributed by atoms with Gasteiger partial charge in [0.05, 0.1) is 19.4 Å². The average molecular weight is 286 g/mol. The number of carbonyl (C=O) groups is 2. The molecule has 0 radical (unpaired) electrons. The number of thiophene rings is 1. The van der Waals surface area contributed by atoms with E-state index in [1.165, 1.54) is 7.11 Å². The largest absolute Gasteiger partial charge is 0.465 e. The number of hydrogen-bond donors (Lipinski definition) is 1. The molecule has 0 unspecified atom stereocenters. The van der Waals surface area contributed by atoms with Crippen molar-refractivity contribution >= 4 is 34.0 Å². The Kier molecular flexibility index (Phi) is 5.17. The highest BCUT2D eigenvalue weighted by atomic mass is 32.1. The van der Waals surface area contributed by atoms with E-state index in [0.29, 0.717) is 11.5 Å². The van der Waals surface area contributed by atoms with Gasteiger partial charge in [-0.3, -0.25) is 0 Å². The molecule has 7 heteroatoms. The number of esters is 2. The summed E-state index contributed by atoms with van der Waals surface area (Å²) < 4.78 is 9.64. The van der Waals surface area contributed by atoms with Crippen molar-refractivity contribution in [2.45, 2.75) is 13.8 Å². The van der Waals surface area contributed by atoms with Gasteiger partial charge in [0.2, 0.25) is 0 Å². The van der Waals surface area contributed by atoms with Gasteiger partial charge in [0.25, 0.3) is 0 Å². The summed E-state index contributed by atoms with van der Waals surface area (Å²) in [5.74, 6) is -1.08. The molecule has 1 aromatic rings. The monoisotopic (exact) mass is 286 g/mol. The zero-order chi connectivity index (χ0) is 14.6. The number of hydrogen-bond acceptors (Lipinski definition) is 7. The van der Waals surface area contributed by atoms with E-state index in [4.69, 9.17) is 15.2 Å². The number of nitrogen functional groups attached to an aromatic ring is 1. The Labute approximate surface area is 116 Å². The van der Waals surface area contributed by atoms with Gasteiger partial charge < -0.3 is 20.1 Å². The van der Waals surface area contributed by atoms with Gasteiger partial charge in [0.15, 0.2) is 0 Å². The second-order valence-electron chi connectivity index (χ2n) is 3.75. The Morgan fingerprint density at radius 3 is 2.42 bits per heavy atom. The molecule has 0 aliphatic carbocycles. The zero-order valence-electron chi connectivity index (χ0n) is 11.5. The summed E-state index contributed by atoms with van der Waals surface area (Å²) in [6.45, 7) is 4.57. The summed E-state index contributed by atoms with van der Waals surface area (Å²) in [5, 5.41) is 0.606. The smallest absolute Gasteiger partial charge is 0.350 e. The first-order valence-electron chi connectivity index (χ1n) is 5.86. The third kappa shape index (κ3) is 2.98.